The van der Waals surface area contributed by atoms with E-state index in [-0.39, 0.29) is 23.8 Å². The van der Waals surface area contributed by atoms with Crippen LogP contribution in [-0.2, 0) is 16.0 Å². The maximum atomic E-state index is 12.5. The lowest BCUT2D eigenvalue weighted by molar-refractivity contribution is -0.122. The van der Waals surface area contributed by atoms with Crippen molar-refractivity contribution in [3.8, 4) is 0 Å². The zero-order chi connectivity index (χ0) is 18.7. The van der Waals surface area contributed by atoms with E-state index in [1.54, 1.807) is 17.0 Å². The summed E-state index contributed by atoms with van der Waals surface area (Å²) < 4.78 is 0. The van der Waals surface area contributed by atoms with Crippen LogP contribution in [0.2, 0.25) is 0 Å². The molecule has 0 radical (unpaired) electrons. The van der Waals surface area contributed by atoms with E-state index in [1.165, 1.54) is 12.1 Å². The van der Waals surface area contributed by atoms with Crippen molar-refractivity contribution in [1.29, 1.82) is 0 Å². The zero-order valence-electron chi connectivity index (χ0n) is 14.4. The van der Waals surface area contributed by atoms with Gasteiger partial charge in [0.05, 0.1) is 11.5 Å². The molecule has 2 N–H and O–H groups in total. The molecule has 1 atom stereocenters. The van der Waals surface area contributed by atoms with E-state index in [0.717, 1.165) is 17.7 Å². The molecule has 0 aliphatic carbocycles. The Hall–Kier alpha value is -3.15. The van der Waals surface area contributed by atoms with Gasteiger partial charge in [0.2, 0.25) is 11.8 Å². The second-order valence-electron chi connectivity index (χ2n) is 6.26. The summed E-state index contributed by atoms with van der Waals surface area (Å²) in [4.78, 5) is 37.7. The highest BCUT2D eigenvalue weighted by Crippen LogP contribution is 2.29. The van der Waals surface area contributed by atoms with Crippen molar-refractivity contribution in [3.63, 3.8) is 0 Å². The lowest BCUT2D eigenvalue weighted by Crippen LogP contribution is -2.28. The summed E-state index contributed by atoms with van der Waals surface area (Å²) in [5, 5.41) is 11.8. The summed E-state index contributed by atoms with van der Waals surface area (Å²) in [6.45, 7) is 2.35. The van der Waals surface area contributed by atoms with Gasteiger partial charge in [0.15, 0.2) is 0 Å². The molecular weight excluding hydrogens is 332 g/mol. The maximum Gasteiger partial charge on any atom is 0.335 e. The zero-order valence-corrected chi connectivity index (χ0v) is 14.4. The first-order chi connectivity index (χ1) is 12.5. The van der Waals surface area contributed by atoms with Crippen molar-refractivity contribution in [2.45, 2.75) is 19.8 Å². The molecule has 1 aliphatic rings. The largest absolute Gasteiger partial charge is 0.478 e. The Labute approximate surface area is 151 Å². The number of nitrogens with one attached hydrogen (secondary N) is 1. The number of carbonyl (C=O) groups is 3. The van der Waals surface area contributed by atoms with E-state index in [0.29, 0.717) is 12.2 Å². The number of hydrogen-bond donors (Lipinski definition) is 2. The minimum atomic E-state index is -1.06. The first-order valence-electron chi connectivity index (χ1n) is 8.52. The highest BCUT2D eigenvalue weighted by atomic mass is 16.4. The number of para-hydroxylation sites is 1. The van der Waals surface area contributed by atoms with Crippen LogP contribution >= 0.6 is 0 Å². The molecule has 6 nitrogen and oxygen atoms in total. The van der Waals surface area contributed by atoms with Gasteiger partial charge in [-0.25, -0.2) is 4.79 Å². The molecule has 2 aromatic rings. The fraction of sp³-hybridized carbons (Fsp3) is 0.250. The molecule has 0 aromatic heterocycles. The lowest BCUT2D eigenvalue weighted by atomic mass is 10.1. The second kappa shape index (κ2) is 7.39. The number of carboxylic acid groups (broad SMARTS) is 1. The van der Waals surface area contributed by atoms with Crippen molar-refractivity contribution < 1.29 is 19.5 Å². The standard InChI is InChI=1S/C20H20N2O4/c1-2-13-6-3-4-9-17(13)22-12-15(11-18(22)23)19(24)21-16-8-5-7-14(10-16)20(25)26/h3-10,15H,2,11-12H2,1H3,(H,21,24)(H,25,26)/t15-/m0/s1. The molecule has 6 heteroatoms. The third-order valence-electron chi connectivity index (χ3n) is 4.54. The number of aromatic carboxylic acids is 1. The first-order valence-corrected chi connectivity index (χ1v) is 8.52. The fourth-order valence-electron chi connectivity index (χ4n) is 3.16. The predicted molar refractivity (Wildman–Crippen MR) is 98.3 cm³/mol. The number of aryl methyl sites for hydroxylation is 1. The van der Waals surface area contributed by atoms with Crippen molar-refractivity contribution in [3.05, 3.63) is 59.7 Å². The van der Waals surface area contributed by atoms with Crippen molar-refractivity contribution in [2.75, 3.05) is 16.8 Å². The number of carbonyl (C=O) groups excluding carboxylic acids is 2. The SMILES string of the molecule is CCc1ccccc1N1C[C@@H](C(=O)Nc2cccc(C(=O)O)c2)CC1=O. The van der Waals surface area contributed by atoms with Gasteiger partial charge >= 0.3 is 5.97 Å². The highest BCUT2D eigenvalue weighted by Gasteiger charge is 2.35. The van der Waals surface area contributed by atoms with Crippen LogP contribution in [-0.4, -0.2) is 29.4 Å². The summed E-state index contributed by atoms with van der Waals surface area (Å²) in [6, 6.07) is 13.8. The van der Waals surface area contributed by atoms with Crippen LogP contribution in [0.3, 0.4) is 0 Å². The van der Waals surface area contributed by atoms with Crippen LogP contribution in [0, 0.1) is 5.92 Å². The van der Waals surface area contributed by atoms with E-state index >= 15 is 0 Å². The summed E-state index contributed by atoms with van der Waals surface area (Å²) >= 11 is 0. The van der Waals surface area contributed by atoms with Gasteiger partial charge in [0, 0.05) is 24.3 Å². The normalized spacial score (nSPS) is 16.6. The van der Waals surface area contributed by atoms with Gasteiger partial charge in [-0.05, 0) is 36.2 Å². The predicted octanol–water partition coefficient (Wildman–Crippen LogP) is 2.94. The molecular formula is C20H20N2O4. The third kappa shape index (κ3) is 3.59. The van der Waals surface area contributed by atoms with Gasteiger partial charge in [-0.3, -0.25) is 9.59 Å². The number of anilines is 2. The van der Waals surface area contributed by atoms with Gasteiger partial charge in [0.25, 0.3) is 0 Å². The summed E-state index contributed by atoms with van der Waals surface area (Å²) in [5.74, 6) is -1.89. The van der Waals surface area contributed by atoms with E-state index < -0.39 is 11.9 Å². The molecule has 0 unspecified atom stereocenters. The molecule has 1 aliphatic heterocycles. The maximum absolute atomic E-state index is 12.5. The van der Waals surface area contributed by atoms with Crippen LogP contribution in [0.15, 0.2) is 48.5 Å². The van der Waals surface area contributed by atoms with Crippen LogP contribution in [0.1, 0.15) is 29.3 Å². The average molecular weight is 352 g/mol. The van der Waals surface area contributed by atoms with Crippen LogP contribution < -0.4 is 10.2 Å². The van der Waals surface area contributed by atoms with Gasteiger partial charge in [-0.1, -0.05) is 31.2 Å². The summed E-state index contributed by atoms with van der Waals surface area (Å²) in [5.41, 5.74) is 2.43. The topological polar surface area (TPSA) is 86.7 Å². The van der Waals surface area contributed by atoms with Crippen LogP contribution in [0.4, 0.5) is 11.4 Å². The number of hydrogen-bond acceptors (Lipinski definition) is 3. The first kappa shape index (κ1) is 17.7. The van der Waals surface area contributed by atoms with Gasteiger partial charge in [-0.2, -0.15) is 0 Å². The molecule has 2 aromatic carbocycles. The number of benzene rings is 2. The average Bonchev–Trinajstić information content (AvgIpc) is 3.03. The molecule has 1 saturated heterocycles. The van der Waals surface area contributed by atoms with E-state index in [1.807, 2.05) is 31.2 Å². The number of carboxylic acids is 1. The Kier molecular flexibility index (Phi) is 5.02. The molecule has 0 saturated carbocycles. The third-order valence-corrected chi connectivity index (χ3v) is 4.54. The summed E-state index contributed by atoms with van der Waals surface area (Å²) in [6.07, 6.45) is 0.946. The van der Waals surface area contributed by atoms with E-state index in [2.05, 4.69) is 5.32 Å². The monoisotopic (exact) mass is 352 g/mol. The quantitative estimate of drug-likeness (QED) is 0.866. The van der Waals surface area contributed by atoms with Crippen LogP contribution in [0.5, 0.6) is 0 Å². The lowest BCUT2D eigenvalue weighted by Gasteiger charge is -2.20. The van der Waals surface area contributed by atoms with Gasteiger partial charge in [-0.15, -0.1) is 0 Å². The molecule has 2 amide bonds. The van der Waals surface area contributed by atoms with Gasteiger partial charge < -0.3 is 15.3 Å². The Morgan fingerprint density at radius 3 is 2.69 bits per heavy atom. The molecule has 26 heavy (non-hydrogen) atoms. The van der Waals surface area contributed by atoms with Crippen molar-refractivity contribution in [2.24, 2.45) is 5.92 Å². The van der Waals surface area contributed by atoms with Gasteiger partial charge in [0.1, 0.15) is 0 Å². The minimum Gasteiger partial charge on any atom is -0.478 e. The Bertz CT molecular complexity index is 862. The molecule has 134 valence electrons. The molecule has 1 heterocycles. The Morgan fingerprint density at radius 1 is 1.19 bits per heavy atom. The van der Waals surface area contributed by atoms with Crippen LogP contribution in [0.25, 0.3) is 0 Å². The van der Waals surface area contributed by atoms with E-state index in [9.17, 15) is 14.4 Å². The summed E-state index contributed by atoms with van der Waals surface area (Å²) in [7, 11) is 0. The van der Waals surface area contributed by atoms with Crippen molar-refractivity contribution >= 4 is 29.2 Å². The number of rotatable bonds is 5. The fourth-order valence-corrected chi connectivity index (χ4v) is 3.16. The second-order valence-corrected chi connectivity index (χ2v) is 6.26. The minimum absolute atomic E-state index is 0.0784. The van der Waals surface area contributed by atoms with E-state index in [4.69, 9.17) is 5.11 Å². The molecule has 3 rings (SSSR count). The van der Waals surface area contributed by atoms with Crippen molar-refractivity contribution in [1.82, 2.24) is 0 Å². The number of nitrogens with zero attached hydrogens (tertiary/aromatic N) is 1. The smallest absolute Gasteiger partial charge is 0.335 e. The molecule has 0 spiro atoms. The molecule has 1 fully saturated rings. The number of amides is 2. The Balaban J connectivity index is 1.73. The molecule has 0 bridgehead atoms. The Morgan fingerprint density at radius 2 is 1.96 bits per heavy atom. The highest BCUT2D eigenvalue weighted by molar-refractivity contribution is 6.04.